The van der Waals surface area contributed by atoms with Gasteiger partial charge >= 0.3 is 5.97 Å². The summed E-state index contributed by atoms with van der Waals surface area (Å²) in [6, 6.07) is 16.9. The van der Waals surface area contributed by atoms with Crippen molar-refractivity contribution in [1.29, 1.82) is 0 Å². The van der Waals surface area contributed by atoms with Gasteiger partial charge in [-0.05, 0) is 42.7 Å². The second kappa shape index (κ2) is 11.1. The van der Waals surface area contributed by atoms with Gasteiger partial charge in [0.15, 0.2) is 6.61 Å². The van der Waals surface area contributed by atoms with Crippen molar-refractivity contribution < 1.29 is 19.1 Å². The van der Waals surface area contributed by atoms with E-state index in [1.54, 1.807) is 55.2 Å². The van der Waals surface area contributed by atoms with E-state index in [0.29, 0.717) is 23.4 Å². The molecular formula is C21H24N2O4S. The largest absolute Gasteiger partial charge is 0.454 e. The van der Waals surface area contributed by atoms with Crippen molar-refractivity contribution in [2.24, 2.45) is 0 Å². The number of nitrogens with zero attached hydrogens (tertiary/aromatic N) is 1. The van der Waals surface area contributed by atoms with Crippen LogP contribution in [0.25, 0.3) is 0 Å². The summed E-state index contributed by atoms with van der Waals surface area (Å²) in [5.74, 6) is -0.644. The Morgan fingerprint density at radius 2 is 1.64 bits per heavy atom. The number of likely N-dealkylation sites (N-methyl/N-ethyl adjacent to an activating group) is 1. The number of rotatable bonds is 9. The molecule has 148 valence electrons. The SMILES string of the molecule is CSCC[C@@H](NC(=O)c1ccccc1)C(=O)OCC(=O)N(C)c1ccccc1. The molecule has 0 unspecified atom stereocenters. The van der Waals surface area contributed by atoms with Crippen molar-refractivity contribution in [2.45, 2.75) is 12.5 Å². The zero-order valence-corrected chi connectivity index (χ0v) is 16.8. The minimum absolute atomic E-state index is 0.349. The molecule has 0 aliphatic heterocycles. The fraction of sp³-hybridized carbons (Fsp3) is 0.286. The molecule has 0 bridgehead atoms. The molecule has 0 aromatic heterocycles. The number of para-hydroxylation sites is 1. The molecule has 0 spiro atoms. The summed E-state index contributed by atoms with van der Waals surface area (Å²) in [5.41, 5.74) is 1.17. The van der Waals surface area contributed by atoms with Crippen molar-refractivity contribution in [3.8, 4) is 0 Å². The standard InChI is InChI=1S/C21H24N2O4S/c1-23(17-11-7-4-8-12-17)19(24)15-27-21(26)18(13-14-28-2)22-20(25)16-9-5-3-6-10-16/h3-12,18H,13-15H2,1-2H3,(H,22,25)/t18-/m1/s1. The van der Waals surface area contributed by atoms with Crippen molar-refractivity contribution in [2.75, 3.05) is 30.6 Å². The van der Waals surface area contributed by atoms with Gasteiger partial charge < -0.3 is 15.0 Å². The summed E-state index contributed by atoms with van der Waals surface area (Å²) in [6.07, 6.45) is 2.33. The van der Waals surface area contributed by atoms with Gasteiger partial charge in [0.25, 0.3) is 11.8 Å². The number of carbonyl (C=O) groups is 3. The first-order valence-corrected chi connectivity index (χ1v) is 10.3. The number of amides is 2. The molecule has 2 amide bonds. The molecule has 0 aliphatic rings. The minimum Gasteiger partial charge on any atom is -0.454 e. The van der Waals surface area contributed by atoms with E-state index in [1.807, 2.05) is 30.5 Å². The second-order valence-electron chi connectivity index (χ2n) is 6.07. The Labute approximate surface area is 169 Å². The van der Waals surface area contributed by atoms with Crippen LogP contribution in [0.15, 0.2) is 60.7 Å². The molecule has 0 radical (unpaired) electrons. The van der Waals surface area contributed by atoms with E-state index in [-0.39, 0.29) is 18.4 Å². The minimum atomic E-state index is -0.810. The third kappa shape index (κ3) is 6.42. The lowest BCUT2D eigenvalue weighted by Crippen LogP contribution is -2.43. The Balaban J connectivity index is 1.94. The first kappa shape index (κ1) is 21.5. The number of thioether (sulfide) groups is 1. The zero-order chi connectivity index (χ0) is 20.4. The van der Waals surface area contributed by atoms with Gasteiger partial charge in [0, 0.05) is 18.3 Å². The number of nitrogens with one attached hydrogen (secondary N) is 1. The summed E-state index contributed by atoms with van der Waals surface area (Å²) in [5, 5.41) is 2.70. The molecule has 0 heterocycles. The monoisotopic (exact) mass is 400 g/mol. The topological polar surface area (TPSA) is 75.7 Å². The number of benzene rings is 2. The molecule has 7 heteroatoms. The summed E-state index contributed by atoms with van der Waals surface area (Å²) < 4.78 is 5.19. The number of hydrogen-bond acceptors (Lipinski definition) is 5. The van der Waals surface area contributed by atoms with E-state index in [1.165, 1.54) is 4.90 Å². The number of ether oxygens (including phenoxy) is 1. The van der Waals surface area contributed by atoms with E-state index in [0.717, 1.165) is 0 Å². The van der Waals surface area contributed by atoms with Gasteiger partial charge in [-0.25, -0.2) is 4.79 Å². The van der Waals surface area contributed by atoms with Crippen LogP contribution < -0.4 is 10.2 Å². The summed E-state index contributed by atoms with van der Waals surface area (Å²) in [4.78, 5) is 38.5. The predicted octanol–water partition coefficient (Wildman–Crippen LogP) is 2.74. The maximum atomic E-state index is 12.5. The van der Waals surface area contributed by atoms with E-state index >= 15 is 0 Å². The highest BCUT2D eigenvalue weighted by Gasteiger charge is 2.24. The third-order valence-electron chi connectivity index (χ3n) is 4.09. The van der Waals surface area contributed by atoms with Crippen LogP contribution in [0.1, 0.15) is 16.8 Å². The van der Waals surface area contributed by atoms with Gasteiger partial charge in [-0.15, -0.1) is 0 Å². The maximum Gasteiger partial charge on any atom is 0.329 e. The maximum absolute atomic E-state index is 12.5. The van der Waals surface area contributed by atoms with Gasteiger partial charge in [-0.2, -0.15) is 11.8 Å². The average Bonchev–Trinajstić information content (AvgIpc) is 2.75. The zero-order valence-electron chi connectivity index (χ0n) is 16.0. The van der Waals surface area contributed by atoms with Gasteiger partial charge in [0.1, 0.15) is 6.04 Å². The van der Waals surface area contributed by atoms with Gasteiger partial charge in [-0.1, -0.05) is 36.4 Å². The Morgan fingerprint density at radius 1 is 1.04 bits per heavy atom. The molecule has 2 aromatic carbocycles. The number of carbonyl (C=O) groups excluding carboxylic acids is 3. The second-order valence-corrected chi connectivity index (χ2v) is 7.06. The van der Waals surface area contributed by atoms with E-state index in [9.17, 15) is 14.4 Å². The molecular weight excluding hydrogens is 376 g/mol. The first-order valence-electron chi connectivity index (χ1n) is 8.86. The van der Waals surface area contributed by atoms with E-state index < -0.39 is 12.0 Å². The van der Waals surface area contributed by atoms with Crippen molar-refractivity contribution in [3.63, 3.8) is 0 Å². The quantitative estimate of drug-likeness (QED) is 0.655. The lowest BCUT2D eigenvalue weighted by Gasteiger charge is -2.20. The Bertz CT molecular complexity index is 784. The lowest BCUT2D eigenvalue weighted by atomic mass is 10.1. The summed E-state index contributed by atoms with van der Waals surface area (Å²) >= 11 is 1.56. The van der Waals surface area contributed by atoms with Crippen LogP contribution in [0.5, 0.6) is 0 Å². The molecule has 28 heavy (non-hydrogen) atoms. The highest BCUT2D eigenvalue weighted by molar-refractivity contribution is 7.98. The van der Waals surface area contributed by atoms with Crippen LogP contribution >= 0.6 is 11.8 Å². The average molecular weight is 401 g/mol. The van der Waals surface area contributed by atoms with Crippen LogP contribution in [0.2, 0.25) is 0 Å². The van der Waals surface area contributed by atoms with E-state index in [2.05, 4.69) is 5.32 Å². The molecule has 1 atom stereocenters. The molecule has 6 nitrogen and oxygen atoms in total. The third-order valence-corrected chi connectivity index (χ3v) is 4.74. The van der Waals surface area contributed by atoms with E-state index in [4.69, 9.17) is 4.74 Å². The van der Waals surface area contributed by atoms with Crippen LogP contribution in [0.3, 0.4) is 0 Å². The predicted molar refractivity (Wildman–Crippen MR) is 112 cm³/mol. The number of anilines is 1. The molecule has 2 rings (SSSR count). The summed E-state index contributed by atoms with van der Waals surface area (Å²) in [7, 11) is 1.62. The Kier molecular flexibility index (Phi) is 8.55. The Hall–Kier alpha value is -2.80. The van der Waals surface area contributed by atoms with Crippen molar-refractivity contribution >= 4 is 35.2 Å². The fourth-order valence-corrected chi connectivity index (χ4v) is 2.91. The van der Waals surface area contributed by atoms with Crippen molar-refractivity contribution in [1.82, 2.24) is 5.32 Å². The number of hydrogen-bond donors (Lipinski definition) is 1. The lowest BCUT2D eigenvalue weighted by molar-refractivity contribution is -0.149. The highest BCUT2D eigenvalue weighted by Crippen LogP contribution is 2.11. The molecule has 0 saturated carbocycles. The molecule has 0 fully saturated rings. The van der Waals surface area contributed by atoms with Crippen molar-refractivity contribution in [3.05, 3.63) is 66.2 Å². The molecule has 0 saturated heterocycles. The van der Waals surface area contributed by atoms with Gasteiger partial charge in [0.2, 0.25) is 0 Å². The van der Waals surface area contributed by atoms with Crippen LogP contribution in [0.4, 0.5) is 5.69 Å². The summed E-state index contributed by atoms with van der Waals surface area (Å²) in [6.45, 7) is -0.388. The first-order chi connectivity index (χ1) is 13.5. The molecule has 0 aliphatic carbocycles. The normalized spacial score (nSPS) is 11.4. The molecule has 1 N–H and O–H groups in total. The van der Waals surface area contributed by atoms with Gasteiger partial charge in [0.05, 0.1) is 0 Å². The molecule has 2 aromatic rings. The van der Waals surface area contributed by atoms with Crippen LogP contribution in [0, 0.1) is 0 Å². The number of esters is 1. The smallest absolute Gasteiger partial charge is 0.329 e. The Morgan fingerprint density at radius 3 is 2.25 bits per heavy atom. The van der Waals surface area contributed by atoms with Crippen LogP contribution in [-0.2, 0) is 14.3 Å². The fourth-order valence-electron chi connectivity index (χ4n) is 2.44. The van der Waals surface area contributed by atoms with Crippen LogP contribution in [-0.4, -0.2) is 49.5 Å². The van der Waals surface area contributed by atoms with Gasteiger partial charge in [-0.3, -0.25) is 9.59 Å². The highest BCUT2D eigenvalue weighted by atomic mass is 32.2.